The largest absolute Gasteiger partial charge is 0.452 e. The van der Waals surface area contributed by atoms with Gasteiger partial charge in [-0.2, -0.15) is 0 Å². The number of amides is 1. The average Bonchev–Trinajstić information content (AvgIpc) is 2.44. The van der Waals surface area contributed by atoms with Crippen LogP contribution in [0.1, 0.15) is 10.4 Å². The lowest BCUT2D eigenvalue weighted by Crippen LogP contribution is -2.21. The van der Waals surface area contributed by atoms with E-state index in [1.165, 1.54) is 23.1 Å². The van der Waals surface area contributed by atoms with E-state index in [0.717, 1.165) is 0 Å². The molecule has 0 heterocycles. The Morgan fingerprint density at radius 3 is 2.57 bits per heavy atom. The van der Waals surface area contributed by atoms with Crippen molar-refractivity contribution < 1.29 is 13.9 Å². The fourth-order valence-corrected chi connectivity index (χ4v) is 2.03. The molecule has 0 aliphatic heterocycles. The third-order valence-electron chi connectivity index (χ3n) is 2.78. The van der Waals surface area contributed by atoms with Gasteiger partial charge in [-0.25, -0.2) is 4.39 Å². The van der Waals surface area contributed by atoms with E-state index >= 15 is 0 Å². The highest BCUT2D eigenvalue weighted by Gasteiger charge is 2.13. The number of hydrogen-bond acceptors (Lipinski definition) is 3. The molecule has 0 bridgehead atoms. The van der Waals surface area contributed by atoms with Crippen molar-refractivity contribution in [3.05, 3.63) is 52.3 Å². The monoisotopic (exact) mass is 352 g/mol. The summed E-state index contributed by atoms with van der Waals surface area (Å²) in [6.07, 6.45) is 0. The van der Waals surface area contributed by atoms with E-state index in [0.29, 0.717) is 15.7 Å². The molecule has 0 aliphatic carbocycles. The number of nitrogens with zero attached hydrogens (tertiary/aromatic N) is 1. The highest BCUT2D eigenvalue weighted by molar-refractivity contribution is 9.10. The Morgan fingerprint density at radius 2 is 1.90 bits per heavy atom. The normalized spacial score (nSPS) is 10.3. The molecule has 2 N–H and O–H groups in total. The molecule has 0 unspecified atom stereocenters. The van der Waals surface area contributed by atoms with E-state index in [4.69, 9.17) is 10.5 Å². The second-order valence-corrected chi connectivity index (χ2v) is 5.54. The number of rotatable bonds is 3. The summed E-state index contributed by atoms with van der Waals surface area (Å²) in [6.45, 7) is 0. The molecule has 6 heteroatoms. The van der Waals surface area contributed by atoms with Crippen LogP contribution in [0, 0.1) is 5.82 Å². The first kappa shape index (κ1) is 15.3. The van der Waals surface area contributed by atoms with Gasteiger partial charge in [0.1, 0.15) is 0 Å². The van der Waals surface area contributed by atoms with Crippen molar-refractivity contribution in [2.24, 2.45) is 0 Å². The summed E-state index contributed by atoms with van der Waals surface area (Å²) >= 11 is 3.25. The Labute approximate surface area is 130 Å². The van der Waals surface area contributed by atoms with E-state index in [9.17, 15) is 9.18 Å². The number of ether oxygens (including phenoxy) is 1. The number of anilines is 1. The molecular formula is C15H14BrFN2O2. The average molecular weight is 353 g/mol. The van der Waals surface area contributed by atoms with Gasteiger partial charge in [0.15, 0.2) is 17.3 Å². The molecule has 0 atom stereocenters. The Kier molecular flexibility index (Phi) is 4.47. The van der Waals surface area contributed by atoms with Crippen LogP contribution >= 0.6 is 15.9 Å². The molecule has 0 saturated heterocycles. The molecule has 0 aromatic heterocycles. The lowest BCUT2D eigenvalue weighted by molar-refractivity contribution is 0.0827. The minimum absolute atomic E-state index is 0.0329. The molecular weight excluding hydrogens is 339 g/mol. The van der Waals surface area contributed by atoms with Crippen LogP contribution in [0.2, 0.25) is 0 Å². The summed E-state index contributed by atoms with van der Waals surface area (Å²) < 4.78 is 19.9. The van der Waals surface area contributed by atoms with Gasteiger partial charge in [0, 0.05) is 24.1 Å². The Bertz CT molecular complexity index is 689. The predicted molar refractivity (Wildman–Crippen MR) is 83.0 cm³/mol. The van der Waals surface area contributed by atoms with Crippen molar-refractivity contribution in [1.82, 2.24) is 4.90 Å². The number of benzene rings is 2. The summed E-state index contributed by atoms with van der Waals surface area (Å²) in [4.78, 5) is 13.4. The lowest BCUT2D eigenvalue weighted by Gasteiger charge is -2.13. The van der Waals surface area contributed by atoms with Crippen molar-refractivity contribution in [1.29, 1.82) is 0 Å². The molecule has 2 aromatic rings. The van der Waals surface area contributed by atoms with E-state index in [1.54, 1.807) is 32.3 Å². The van der Waals surface area contributed by atoms with Crippen LogP contribution in [0.5, 0.6) is 11.5 Å². The maximum Gasteiger partial charge on any atom is 0.253 e. The summed E-state index contributed by atoms with van der Waals surface area (Å²) in [5.74, 6) is -0.429. The molecule has 0 saturated carbocycles. The highest BCUT2D eigenvalue weighted by Crippen LogP contribution is 2.32. The zero-order valence-corrected chi connectivity index (χ0v) is 13.1. The van der Waals surface area contributed by atoms with E-state index in [2.05, 4.69) is 15.9 Å². The number of carbonyl (C=O) groups is 1. The van der Waals surface area contributed by atoms with Gasteiger partial charge in [-0.15, -0.1) is 0 Å². The number of hydrogen-bond donors (Lipinski definition) is 1. The first-order valence-corrected chi connectivity index (χ1v) is 6.92. The quantitative estimate of drug-likeness (QED) is 0.857. The second-order valence-electron chi connectivity index (χ2n) is 4.63. The van der Waals surface area contributed by atoms with E-state index < -0.39 is 5.82 Å². The number of nitrogen functional groups attached to an aromatic ring is 1. The summed E-state index contributed by atoms with van der Waals surface area (Å²) in [5, 5.41) is 0. The van der Waals surface area contributed by atoms with Crippen LogP contribution in [-0.2, 0) is 0 Å². The Balaban J connectivity index is 2.37. The molecule has 0 fully saturated rings. The van der Waals surface area contributed by atoms with Crippen molar-refractivity contribution in [2.45, 2.75) is 0 Å². The van der Waals surface area contributed by atoms with Gasteiger partial charge >= 0.3 is 0 Å². The third kappa shape index (κ3) is 3.52. The van der Waals surface area contributed by atoms with E-state index in [-0.39, 0.29) is 17.4 Å². The zero-order chi connectivity index (χ0) is 15.6. The minimum Gasteiger partial charge on any atom is -0.452 e. The Morgan fingerprint density at radius 1 is 1.19 bits per heavy atom. The predicted octanol–water partition coefficient (Wildman–Crippen LogP) is 3.66. The highest BCUT2D eigenvalue weighted by atomic mass is 79.9. The molecule has 21 heavy (non-hydrogen) atoms. The van der Waals surface area contributed by atoms with Gasteiger partial charge in [-0.3, -0.25) is 4.79 Å². The molecule has 2 aromatic carbocycles. The SMILES string of the molecule is CN(C)C(=O)c1ccc(N)c(Oc2cc(Br)ccc2F)c1. The van der Waals surface area contributed by atoms with Crippen LogP contribution < -0.4 is 10.5 Å². The standard InChI is InChI=1S/C15H14BrFN2O2/c1-19(2)15(20)9-3-6-12(18)14(7-9)21-13-8-10(16)4-5-11(13)17/h3-8H,18H2,1-2H3. The van der Waals surface area contributed by atoms with Crippen LogP contribution in [0.25, 0.3) is 0 Å². The smallest absolute Gasteiger partial charge is 0.253 e. The topological polar surface area (TPSA) is 55.6 Å². The van der Waals surface area contributed by atoms with Gasteiger partial charge in [-0.05, 0) is 36.4 Å². The van der Waals surface area contributed by atoms with Gasteiger partial charge in [0.2, 0.25) is 0 Å². The first-order chi connectivity index (χ1) is 9.88. The second kappa shape index (κ2) is 6.13. The van der Waals surface area contributed by atoms with Crippen molar-refractivity contribution in [2.75, 3.05) is 19.8 Å². The molecule has 2 rings (SSSR count). The fourth-order valence-electron chi connectivity index (χ4n) is 1.69. The third-order valence-corrected chi connectivity index (χ3v) is 3.27. The maximum absolute atomic E-state index is 13.7. The number of halogens is 2. The summed E-state index contributed by atoms with van der Waals surface area (Å²) in [5.41, 5.74) is 6.56. The summed E-state index contributed by atoms with van der Waals surface area (Å²) in [7, 11) is 3.29. The van der Waals surface area contributed by atoms with Gasteiger partial charge in [0.25, 0.3) is 5.91 Å². The van der Waals surface area contributed by atoms with Crippen molar-refractivity contribution >= 4 is 27.5 Å². The summed E-state index contributed by atoms with van der Waals surface area (Å²) in [6, 6.07) is 9.00. The van der Waals surface area contributed by atoms with Crippen LogP contribution in [0.4, 0.5) is 10.1 Å². The number of nitrogens with two attached hydrogens (primary N) is 1. The molecule has 0 spiro atoms. The van der Waals surface area contributed by atoms with Gasteiger partial charge in [0.05, 0.1) is 5.69 Å². The lowest BCUT2D eigenvalue weighted by atomic mass is 10.1. The molecule has 110 valence electrons. The van der Waals surface area contributed by atoms with Gasteiger partial charge in [-0.1, -0.05) is 15.9 Å². The first-order valence-electron chi connectivity index (χ1n) is 6.12. The van der Waals surface area contributed by atoms with Crippen molar-refractivity contribution in [3.63, 3.8) is 0 Å². The minimum atomic E-state index is -0.512. The van der Waals surface area contributed by atoms with Crippen LogP contribution in [-0.4, -0.2) is 24.9 Å². The Hall–Kier alpha value is -2.08. The van der Waals surface area contributed by atoms with Crippen LogP contribution in [0.3, 0.4) is 0 Å². The molecule has 0 radical (unpaired) electrons. The maximum atomic E-state index is 13.7. The van der Waals surface area contributed by atoms with Crippen molar-refractivity contribution in [3.8, 4) is 11.5 Å². The number of carbonyl (C=O) groups excluding carboxylic acids is 1. The fraction of sp³-hybridized carbons (Fsp3) is 0.133. The van der Waals surface area contributed by atoms with Gasteiger partial charge < -0.3 is 15.4 Å². The van der Waals surface area contributed by atoms with Crippen LogP contribution in [0.15, 0.2) is 40.9 Å². The molecule has 0 aliphatic rings. The molecule has 1 amide bonds. The van der Waals surface area contributed by atoms with E-state index in [1.807, 2.05) is 0 Å². The zero-order valence-electron chi connectivity index (χ0n) is 11.6. The molecule has 4 nitrogen and oxygen atoms in total.